The number of nitrogens with zero attached hydrogens (tertiary/aromatic N) is 1. The van der Waals surface area contributed by atoms with Crippen LogP contribution in [0.5, 0.6) is 11.5 Å². The number of hydrogen-bond donors (Lipinski definition) is 0. The molecule has 0 fully saturated rings. The summed E-state index contributed by atoms with van der Waals surface area (Å²) in [6.45, 7) is 4.68. The maximum absolute atomic E-state index is 8.87. The van der Waals surface area contributed by atoms with Gasteiger partial charge < -0.3 is 9.47 Å². The summed E-state index contributed by atoms with van der Waals surface area (Å²) in [7, 11) is 1.63. The van der Waals surface area contributed by atoms with E-state index in [-0.39, 0.29) is 0 Å². The lowest BCUT2D eigenvalue weighted by molar-refractivity contribution is 0.283. The molecule has 1 aromatic carbocycles. The van der Waals surface area contributed by atoms with E-state index in [1.807, 2.05) is 18.2 Å². The van der Waals surface area contributed by atoms with Crippen molar-refractivity contribution in [1.29, 1.82) is 5.26 Å². The van der Waals surface area contributed by atoms with Crippen molar-refractivity contribution in [2.75, 3.05) is 13.7 Å². The molecule has 0 unspecified atom stereocenters. The van der Waals surface area contributed by atoms with Gasteiger partial charge in [0.05, 0.1) is 24.3 Å². The fourth-order valence-corrected chi connectivity index (χ4v) is 2.70. The van der Waals surface area contributed by atoms with Gasteiger partial charge in [-0.1, -0.05) is 32.6 Å². The first-order valence-electron chi connectivity index (χ1n) is 7.71. The van der Waals surface area contributed by atoms with E-state index in [0.717, 1.165) is 22.2 Å². The molecule has 0 spiro atoms. The molecular weight excluding hydrogens is 342 g/mol. The van der Waals surface area contributed by atoms with Crippen LogP contribution in [0.3, 0.4) is 0 Å². The van der Waals surface area contributed by atoms with Crippen LogP contribution in [0.15, 0.2) is 22.2 Å². The van der Waals surface area contributed by atoms with Gasteiger partial charge in [-0.15, -0.1) is 0 Å². The van der Waals surface area contributed by atoms with Crippen LogP contribution in [0, 0.1) is 11.3 Å². The Hall–Kier alpha value is -1.47. The van der Waals surface area contributed by atoms with Crippen molar-refractivity contribution in [2.45, 2.75) is 46.0 Å². The zero-order valence-corrected chi connectivity index (χ0v) is 15.2. The molecule has 0 amide bonds. The van der Waals surface area contributed by atoms with Crippen LogP contribution in [0.25, 0.3) is 6.08 Å². The molecule has 3 nitrogen and oxygen atoms in total. The first-order chi connectivity index (χ1) is 10.6. The maximum Gasteiger partial charge on any atom is 0.175 e. The van der Waals surface area contributed by atoms with Gasteiger partial charge in [0.25, 0.3) is 0 Å². The number of rotatable bonds is 9. The van der Waals surface area contributed by atoms with Crippen LogP contribution in [0.2, 0.25) is 0 Å². The highest BCUT2D eigenvalue weighted by Crippen LogP contribution is 2.37. The monoisotopic (exact) mass is 365 g/mol. The molecule has 0 radical (unpaired) electrons. The van der Waals surface area contributed by atoms with Crippen molar-refractivity contribution in [3.8, 4) is 17.6 Å². The van der Waals surface area contributed by atoms with Crippen LogP contribution in [0.4, 0.5) is 0 Å². The van der Waals surface area contributed by atoms with E-state index < -0.39 is 0 Å². The van der Waals surface area contributed by atoms with Crippen LogP contribution >= 0.6 is 15.9 Å². The molecule has 0 saturated heterocycles. The van der Waals surface area contributed by atoms with Crippen molar-refractivity contribution in [1.82, 2.24) is 0 Å². The number of ether oxygens (including phenoxy) is 2. The summed E-state index contributed by atoms with van der Waals surface area (Å²) in [5.74, 6) is 1.41. The molecule has 1 aromatic rings. The lowest BCUT2D eigenvalue weighted by atomic mass is 10.1. The topological polar surface area (TPSA) is 42.2 Å². The highest BCUT2D eigenvalue weighted by atomic mass is 79.9. The summed E-state index contributed by atoms with van der Waals surface area (Å²) in [6, 6.07) is 5.94. The van der Waals surface area contributed by atoms with Gasteiger partial charge in [-0.3, -0.25) is 0 Å². The molecule has 0 aliphatic rings. The molecule has 0 atom stereocenters. The number of allylic oxidation sites excluding steroid dienone is 1. The second kappa shape index (κ2) is 10.3. The largest absolute Gasteiger partial charge is 0.493 e. The van der Waals surface area contributed by atoms with Gasteiger partial charge in [0.15, 0.2) is 11.5 Å². The lowest BCUT2D eigenvalue weighted by Crippen LogP contribution is -2.00. The Kier molecular flexibility index (Phi) is 8.69. The molecule has 0 heterocycles. The van der Waals surface area contributed by atoms with E-state index in [0.29, 0.717) is 17.9 Å². The zero-order chi connectivity index (χ0) is 16.4. The normalized spacial score (nSPS) is 11.1. The van der Waals surface area contributed by atoms with Gasteiger partial charge in [-0.25, -0.2) is 0 Å². The van der Waals surface area contributed by atoms with E-state index >= 15 is 0 Å². The number of hydrogen-bond acceptors (Lipinski definition) is 3. The van der Waals surface area contributed by atoms with Crippen LogP contribution in [-0.4, -0.2) is 13.7 Å². The first kappa shape index (κ1) is 18.6. The molecule has 0 aliphatic heterocycles. The van der Waals surface area contributed by atoms with Gasteiger partial charge in [-0.2, -0.15) is 5.26 Å². The minimum absolute atomic E-state index is 0.651. The Morgan fingerprint density at radius 1 is 1.27 bits per heavy atom. The van der Waals surface area contributed by atoms with Gasteiger partial charge >= 0.3 is 0 Å². The molecule has 0 N–H and O–H groups in total. The predicted molar refractivity (Wildman–Crippen MR) is 94.2 cm³/mol. The standard InChI is InChI=1S/C18H24BrNO2/c1-4-5-6-7-8-9-22-18-16(19)11-15(10-14(2)13-20)12-17(18)21-3/h10-12H,4-9H2,1-3H3/b14-10-. The van der Waals surface area contributed by atoms with Crippen molar-refractivity contribution < 1.29 is 9.47 Å². The Balaban J connectivity index is 2.73. The number of benzene rings is 1. The van der Waals surface area contributed by atoms with E-state index in [4.69, 9.17) is 14.7 Å². The lowest BCUT2D eigenvalue weighted by Gasteiger charge is -2.13. The van der Waals surface area contributed by atoms with E-state index in [9.17, 15) is 0 Å². The number of methoxy groups -OCH3 is 1. The highest BCUT2D eigenvalue weighted by Gasteiger charge is 2.11. The van der Waals surface area contributed by atoms with Crippen molar-refractivity contribution in [3.63, 3.8) is 0 Å². The Bertz CT molecular complexity index is 547. The molecule has 0 aliphatic carbocycles. The second-order valence-electron chi connectivity index (χ2n) is 5.24. The highest BCUT2D eigenvalue weighted by molar-refractivity contribution is 9.10. The van der Waals surface area contributed by atoms with E-state index in [2.05, 4.69) is 28.9 Å². The van der Waals surface area contributed by atoms with Crippen LogP contribution in [-0.2, 0) is 0 Å². The summed E-state index contributed by atoms with van der Waals surface area (Å²) in [5.41, 5.74) is 1.57. The Morgan fingerprint density at radius 2 is 2.00 bits per heavy atom. The summed E-state index contributed by atoms with van der Waals surface area (Å²) in [4.78, 5) is 0. The first-order valence-corrected chi connectivity index (χ1v) is 8.50. The molecule has 0 saturated carbocycles. The molecule has 4 heteroatoms. The molecular formula is C18H24BrNO2. The SMILES string of the molecule is CCCCCCCOc1c(Br)cc(/C=C(/C)C#N)cc1OC. The molecule has 22 heavy (non-hydrogen) atoms. The smallest absolute Gasteiger partial charge is 0.175 e. The molecule has 120 valence electrons. The minimum atomic E-state index is 0.651. The average molecular weight is 366 g/mol. The molecule has 0 aromatic heterocycles. The van der Waals surface area contributed by atoms with Gasteiger partial charge in [0.1, 0.15) is 0 Å². The summed E-state index contributed by atoms with van der Waals surface area (Å²) in [6.07, 6.45) is 7.85. The third-order valence-electron chi connectivity index (χ3n) is 3.31. The predicted octanol–water partition coefficient (Wildman–Crippen LogP) is 5.73. The summed E-state index contributed by atoms with van der Waals surface area (Å²) < 4.78 is 12.1. The Morgan fingerprint density at radius 3 is 2.64 bits per heavy atom. The van der Waals surface area contributed by atoms with Crippen molar-refractivity contribution in [2.24, 2.45) is 0 Å². The summed E-state index contributed by atoms with van der Waals surface area (Å²) in [5, 5.41) is 8.87. The number of unbranched alkanes of at least 4 members (excludes halogenated alkanes) is 4. The maximum atomic E-state index is 8.87. The van der Waals surface area contributed by atoms with Gasteiger partial charge in [0.2, 0.25) is 0 Å². The van der Waals surface area contributed by atoms with Gasteiger partial charge in [0, 0.05) is 5.57 Å². The zero-order valence-electron chi connectivity index (χ0n) is 13.6. The van der Waals surface area contributed by atoms with Gasteiger partial charge in [-0.05, 0) is 53.0 Å². The second-order valence-corrected chi connectivity index (χ2v) is 6.09. The van der Waals surface area contributed by atoms with Crippen LogP contribution in [0.1, 0.15) is 51.5 Å². The van der Waals surface area contributed by atoms with E-state index in [1.54, 1.807) is 14.0 Å². The average Bonchev–Trinajstić information content (AvgIpc) is 2.51. The minimum Gasteiger partial charge on any atom is -0.493 e. The fraction of sp³-hybridized carbons (Fsp3) is 0.500. The Labute approximate surface area is 142 Å². The quantitative estimate of drug-likeness (QED) is 0.414. The number of halogens is 1. The number of nitriles is 1. The third kappa shape index (κ3) is 6.11. The fourth-order valence-electron chi connectivity index (χ4n) is 2.13. The molecule has 1 rings (SSSR count). The third-order valence-corrected chi connectivity index (χ3v) is 3.89. The van der Waals surface area contributed by atoms with Crippen LogP contribution < -0.4 is 9.47 Å². The summed E-state index contributed by atoms with van der Waals surface area (Å²) >= 11 is 3.53. The molecule has 0 bridgehead atoms. The van der Waals surface area contributed by atoms with E-state index in [1.165, 1.54) is 25.7 Å². The van der Waals surface area contributed by atoms with Crippen molar-refractivity contribution >= 4 is 22.0 Å². The van der Waals surface area contributed by atoms with Crippen molar-refractivity contribution in [3.05, 3.63) is 27.7 Å².